The van der Waals surface area contributed by atoms with Gasteiger partial charge in [0, 0.05) is 47.7 Å². The van der Waals surface area contributed by atoms with Gasteiger partial charge in [-0.1, -0.05) is 325 Å². The summed E-state index contributed by atoms with van der Waals surface area (Å²) in [6, 6.07) is 82.0. The Morgan fingerprint density at radius 2 is 0.333 bits per heavy atom. The number of benzene rings is 10. The summed E-state index contributed by atoms with van der Waals surface area (Å²) >= 11 is 0. The van der Waals surface area contributed by atoms with E-state index in [1.54, 1.807) is 0 Å². The number of hydrogen-bond donors (Lipinski definition) is 0. The Balaban J connectivity index is 1.20. The molecule has 0 N–H and O–H groups in total. The Bertz CT molecular complexity index is 3720. The molecule has 0 atom stereocenters. The molecule has 3 nitrogen and oxygen atoms in total. The minimum atomic E-state index is -3.49. The van der Waals surface area contributed by atoms with E-state index in [-0.39, 0.29) is 32.5 Å². The molecule has 0 amide bonds. The summed E-state index contributed by atoms with van der Waals surface area (Å²) in [6.45, 7) is 39.7. The fourth-order valence-electron chi connectivity index (χ4n) is 12.1. The zero-order chi connectivity index (χ0) is 65.2. The van der Waals surface area contributed by atoms with Gasteiger partial charge in [-0.15, -0.1) is 0 Å². The molecule has 0 fully saturated rings. The highest BCUT2D eigenvalue weighted by atomic mass is 31.2. The van der Waals surface area contributed by atoms with Gasteiger partial charge in [-0.3, -0.25) is 0 Å². The molecule has 0 spiro atoms. The largest absolute Gasteiger partial charge is 0.309 e. The molecular formula is C84H93O3P3. The van der Waals surface area contributed by atoms with Crippen molar-refractivity contribution in [2.45, 2.75) is 157 Å². The first-order valence-electron chi connectivity index (χ1n) is 31.9. The summed E-state index contributed by atoms with van der Waals surface area (Å²) in [6.07, 6.45) is 0. The first kappa shape index (κ1) is 65.8. The fraction of sp³-hybridized carbons (Fsp3) is 0.286. The molecule has 0 aliphatic carbocycles. The van der Waals surface area contributed by atoms with Crippen LogP contribution >= 0.6 is 21.4 Å². The van der Waals surface area contributed by atoms with Crippen LogP contribution in [0.1, 0.15) is 158 Å². The maximum absolute atomic E-state index is 16.6. The van der Waals surface area contributed by atoms with E-state index in [4.69, 9.17) is 0 Å². The maximum atomic E-state index is 16.6. The van der Waals surface area contributed by atoms with Gasteiger partial charge in [0.05, 0.1) is 0 Å². The first-order valence-corrected chi connectivity index (χ1v) is 37.1. The van der Waals surface area contributed by atoms with Crippen LogP contribution in [-0.4, -0.2) is 0 Å². The SMILES string of the molecule is CC(C)(C)c1ccc(P(=O)(c2ccc(C(C)(C)C)cc2)c2cccc(-c3cc(-c4cccc(P(=O)(c5ccc(C(C)(C)C)cc5)c5ccc(C(C)(C)C)cc5)c4)cc(-c4cccc(P(=O)(c5ccc(C(C)(C)C)cc5)c5ccc(C(C)(C)C)cc5)c4)c3)c2)cc1. The molecule has 0 saturated carbocycles. The summed E-state index contributed by atoms with van der Waals surface area (Å²) in [5.41, 5.74) is 12.0. The van der Waals surface area contributed by atoms with Crippen molar-refractivity contribution >= 4 is 69.2 Å². The third-order valence-electron chi connectivity index (χ3n) is 18.1. The Hall–Kier alpha value is -7.11. The minimum Gasteiger partial charge on any atom is -0.309 e. The summed E-state index contributed by atoms with van der Waals surface area (Å²) < 4.78 is 49.9. The topological polar surface area (TPSA) is 51.2 Å². The molecule has 0 aliphatic rings. The van der Waals surface area contributed by atoms with Crippen LogP contribution in [-0.2, 0) is 46.2 Å². The molecular weight excluding hydrogens is 1150 g/mol. The van der Waals surface area contributed by atoms with Crippen molar-refractivity contribution in [1.29, 1.82) is 0 Å². The van der Waals surface area contributed by atoms with Gasteiger partial charge >= 0.3 is 0 Å². The Labute approximate surface area is 540 Å². The lowest BCUT2D eigenvalue weighted by Crippen LogP contribution is -2.26. The van der Waals surface area contributed by atoms with E-state index in [1.807, 2.05) is 36.4 Å². The average molecular weight is 1240 g/mol. The highest BCUT2D eigenvalue weighted by Gasteiger charge is 2.35. The Morgan fingerprint density at radius 3 is 0.478 bits per heavy atom. The van der Waals surface area contributed by atoms with Crippen LogP contribution < -0.4 is 47.7 Å². The molecule has 0 aromatic heterocycles. The standard InChI is InChI=1S/C84H93O3P3/c1-79(2,3)64-28-40-70(41-29-64)88(85,71-42-30-65(31-43-71)80(4,5)6)76-25-19-22-58(55-76)61-52-62(59-23-20-26-77(56-59)89(86,72-44-32-66(33-45-72)81(7,8)9)73-46-34-67(35-47-73)82(10,11)12)54-63(53-61)60-24-21-27-78(57-60)90(87,74-48-36-68(37-49-74)83(13,14)15)75-50-38-69(39-51-75)84(16,17)18/h19-57H,1-18H3. The third-order valence-corrected chi connectivity index (χ3v) is 27.3. The molecule has 0 unspecified atom stereocenters. The normalized spacial score (nSPS) is 13.1. The lowest BCUT2D eigenvalue weighted by Gasteiger charge is -2.25. The first-order chi connectivity index (χ1) is 42.0. The van der Waals surface area contributed by atoms with Crippen molar-refractivity contribution in [3.63, 3.8) is 0 Å². The average Bonchev–Trinajstić information content (AvgIpc) is 0.775. The van der Waals surface area contributed by atoms with Gasteiger partial charge in [-0.05, 0) is 136 Å². The van der Waals surface area contributed by atoms with Crippen molar-refractivity contribution in [3.8, 4) is 33.4 Å². The summed E-state index contributed by atoms with van der Waals surface area (Å²) in [7, 11) is -10.5. The smallest absolute Gasteiger partial charge is 0.171 e. The lowest BCUT2D eigenvalue weighted by molar-refractivity contribution is 0.588. The summed E-state index contributed by atoms with van der Waals surface area (Å²) in [5, 5.41) is 6.83. The van der Waals surface area contributed by atoms with Crippen molar-refractivity contribution in [1.82, 2.24) is 0 Å². The van der Waals surface area contributed by atoms with E-state index in [1.165, 1.54) is 33.4 Å². The maximum Gasteiger partial charge on any atom is 0.171 e. The van der Waals surface area contributed by atoms with Crippen molar-refractivity contribution < 1.29 is 13.7 Å². The van der Waals surface area contributed by atoms with Crippen molar-refractivity contribution in [2.24, 2.45) is 0 Å². The molecule has 10 rings (SSSR count). The zero-order valence-electron chi connectivity index (χ0n) is 56.6. The fourth-order valence-corrected chi connectivity index (χ4v) is 20.1. The van der Waals surface area contributed by atoms with Crippen LogP contribution in [0.15, 0.2) is 237 Å². The molecule has 0 bridgehead atoms. The molecule has 90 heavy (non-hydrogen) atoms. The van der Waals surface area contributed by atoms with E-state index in [0.717, 1.165) is 81.1 Å². The van der Waals surface area contributed by atoms with E-state index in [9.17, 15) is 0 Å². The molecule has 10 aromatic rings. The molecule has 462 valence electrons. The van der Waals surface area contributed by atoms with Gasteiger partial charge in [-0.25, -0.2) is 0 Å². The minimum absolute atomic E-state index is 0.0861. The summed E-state index contributed by atoms with van der Waals surface area (Å²) in [4.78, 5) is 0. The van der Waals surface area contributed by atoms with Gasteiger partial charge < -0.3 is 13.7 Å². The number of rotatable bonds is 12. The van der Waals surface area contributed by atoms with Crippen LogP contribution in [0, 0.1) is 0 Å². The molecule has 10 aromatic carbocycles. The molecule has 0 saturated heterocycles. The van der Waals surface area contributed by atoms with Gasteiger partial charge in [0.1, 0.15) is 0 Å². The van der Waals surface area contributed by atoms with E-state index in [2.05, 4.69) is 325 Å². The Kier molecular flexibility index (Phi) is 17.7. The van der Waals surface area contributed by atoms with Crippen LogP contribution in [0.25, 0.3) is 33.4 Å². The monoisotopic (exact) mass is 1240 g/mol. The van der Waals surface area contributed by atoms with Gasteiger partial charge in [0.25, 0.3) is 0 Å². The number of hydrogen-bond acceptors (Lipinski definition) is 3. The predicted molar refractivity (Wildman–Crippen MR) is 393 cm³/mol. The van der Waals surface area contributed by atoms with Crippen LogP contribution in [0.2, 0.25) is 0 Å². The highest BCUT2D eigenvalue weighted by molar-refractivity contribution is 7.86. The van der Waals surface area contributed by atoms with Crippen molar-refractivity contribution in [3.05, 3.63) is 270 Å². The molecule has 6 heteroatoms. The third kappa shape index (κ3) is 13.3. The van der Waals surface area contributed by atoms with Crippen LogP contribution in [0.3, 0.4) is 0 Å². The zero-order valence-corrected chi connectivity index (χ0v) is 59.3. The second kappa shape index (κ2) is 24.2. The molecule has 0 radical (unpaired) electrons. The second-order valence-electron chi connectivity index (χ2n) is 31.1. The second-order valence-corrected chi connectivity index (χ2v) is 39.4. The Morgan fingerprint density at radius 1 is 0.178 bits per heavy atom. The molecule has 0 heterocycles. The van der Waals surface area contributed by atoms with E-state index in [0.29, 0.717) is 0 Å². The predicted octanol–water partition coefficient (Wildman–Crippen LogP) is 19.4. The quantitative estimate of drug-likeness (QED) is 0.115. The highest BCUT2D eigenvalue weighted by Crippen LogP contribution is 2.48. The van der Waals surface area contributed by atoms with Crippen molar-refractivity contribution in [2.75, 3.05) is 0 Å². The van der Waals surface area contributed by atoms with E-state index >= 15 is 13.7 Å². The van der Waals surface area contributed by atoms with Crippen LogP contribution in [0.5, 0.6) is 0 Å². The van der Waals surface area contributed by atoms with Gasteiger partial charge in [0.2, 0.25) is 0 Å². The summed E-state index contributed by atoms with van der Waals surface area (Å²) in [5.74, 6) is 0. The van der Waals surface area contributed by atoms with Gasteiger partial charge in [0.15, 0.2) is 21.4 Å². The van der Waals surface area contributed by atoms with E-state index < -0.39 is 21.4 Å². The van der Waals surface area contributed by atoms with Crippen LogP contribution in [0.4, 0.5) is 0 Å². The van der Waals surface area contributed by atoms with Gasteiger partial charge in [-0.2, -0.15) is 0 Å². The lowest BCUT2D eigenvalue weighted by atomic mass is 9.87. The molecule has 0 aliphatic heterocycles.